The molecular weight excluding hydrogens is 211 g/mol. The van der Waals surface area contributed by atoms with Crippen molar-refractivity contribution in [2.45, 2.75) is 12.5 Å². The van der Waals surface area contributed by atoms with Crippen LogP contribution in [-0.2, 0) is 9.53 Å². The molecule has 4 heteroatoms. The highest BCUT2D eigenvalue weighted by molar-refractivity contribution is 5.70. The van der Waals surface area contributed by atoms with Crippen LogP contribution in [0, 0.1) is 5.82 Å². The van der Waals surface area contributed by atoms with Crippen LogP contribution in [0.4, 0.5) is 4.39 Å². The molecule has 1 N–H and O–H groups in total. The molecule has 0 heterocycles. The van der Waals surface area contributed by atoms with Crippen molar-refractivity contribution in [3.8, 4) is 0 Å². The van der Waals surface area contributed by atoms with E-state index in [1.165, 1.54) is 25.3 Å². The van der Waals surface area contributed by atoms with Gasteiger partial charge < -0.3 is 9.84 Å². The number of ether oxygens (including phenoxy) is 1. The second-order valence-electron chi connectivity index (χ2n) is 3.26. The van der Waals surface area contributed by atoms with E-state index in [-0.39, 0.29) is 12.2 Å². The van der Waals surface area contributed by atoms with Crippen LogP contribution in [0.5, 0.6) is 0 Å². The molecule has 0 aliphatic heterocycles. The predicted octanol–water partition coefficient (Wildman–Crippen LogP) is 1.76. The normalized spacial score (nSPS) is 12.7. The maximum Gasteiger partial charge on any atom is 0.308 e. The smallest absolute Gasteiger partial charge is 0.308 e. The van der Waals surface area contributed by atoms with Crippen molar-refractivity contribution in [3.05, 3.63) is 41.7 Å². The molecule has 0 bridgehead atoms. The third-order valence-corrected chi connectivity index (χ3v) is 1.98. The minimum absolute atomic E-state index is 0.0891. The van der Waals surface area contributed by atoms with Gasteiger partial charge in [-0.25, -0.2) is 4.39 Å². The average Bonchev–Trinajstić information content (AvgIpc) is 2.28. The number of aliphatic hydroxyl groups is 1. The Morgan fingerprint density at radius 2 is 2.12 bits per heavy atom. The third-order valence-electron chi connectivity index (χ3n) is 1.98. The summed E-state index contributed by atoms with van der Waals surface area (Å²) in [4.78, 5) is 10.8. The lowest BCUT2D eigenvalue weighted by Crippen LogP contribution is -2.11. The maximum absolute atomic E-state index is 12.6. The van der Waals surface area contributed by atoms with Gasteiger partial charge in [-0.3, -0.25) is 4.79 Å². The summed E-state index contributed by atoms with van der Waals surface area (Å²) in [5.41, 5.74) is 0.755. The zero-order valence-corrected chi connectivity index (χ0v) is 8.89. The molecule has 16 heavy (non-hydrogen) atoms. The van der Waals surface area contributed by atoms with Crippen molar-refractivity contribution >= 4 is 12.0 Å². The summed E-state index contributed by atoms with van der Waals surface area (Å²) in [6.45, 7) is 0. The molecule has 0 radical (unpaired) electrons. The van der Waals surface area contributed by atoms with E-state index in [2.05, 4.69) is 4.74 Å². The summed E-state index contributed by atoms with van der Waals surface area (Å²) < 4.78 is 17.0. The van der Waals surface area contributed by atoms with Gasteiger partial charge in [0.25, 0.3) is 0 Å². The fourth-order valence-electron chi connectivity index (χ4n) is 1.12. The minimum Gasteiger partial charge on any atom is -0.469 e. The van der Waals surface area contributed by atoms with E-state index in [0.717, 1.165) is 5.56 Å². The lowest BCUT2D eigenvalue weighted by atomic mass is 10.1. The topological polar surface area (TPSA) is 46.5 Å². The fourth-order valence-corrected chi connectivity index (χ4v) is 1.12. The fraction of sp³-hybridized carbons (Fsp3) is 0.250. The molecule has 1 rings (SSSR count). The zero-order chi connectivity index (χ0) is 12.0. The van der Waals surface area contributed by atoms with Crippen LogP contribution in [0.2, 0.25) is 0 Å². The van der Waals surface area contributed by atoms with Crippen LogP contribution >= 0.6 is 0 Å². The average molecular weight is 224 g/mol. The Bertz CT molecular complexity index is 370. The van der Waals surface area contributed by atoms with E-state index in [4.69, 9.17) is 0 Å². The second kappa shape index (κ2) is 6.02. The number of esters is 1. The number of benzene rings is 1. The Hall–Kier alpha value is -1.68. The van der Waals surface area contributed by atoms with E-state index in [9.17, 15) is 14.3 Å². The molecule has 0 aliphatic rings. The van der Waals surface area contributed by atoms with Gasteiger partial charge in [-0.05, 0) is 17.7 Å². The molecule has 0 aliphatic carbocycles. The SMILES string of the molecule is COC(=O)C[C@H](O)/C=C/c1ccc(F)cc1. The number of aliphatic hydroxyl groups excluding tert-OH is 1. The van der Waals surface area contributed by atoms with Crippen molar-refractivity contribution in [1.29, 1.82) is 0 Å². The number of carbonyl (C=O) groups is 1. The molecule has 0 spiro atoms. The largest absolute Gasteiger partial charge is 0.469 e. The summed E-state index contributed by atoms with van der Waals surface area (Å²) >= 11 is 0. The van der Waals surface area contributed by atoms with Crippen LogP contribution in [0.15, 0.2) is 30.3 Å². The first-order valence-electron chi connectivity index (χ1n) is 4.80. The molecule has 3 nitrogen and oxygen atoms in total. The number of methoxy groups -OCH3 is 1. The van der Waals surface area contributed by atoms with Gasteiger partial charge in [0.2, 0.25) is 0 Å². The summed E-state index contributed by atoms with van der Waals surface area (Å²) in [6.07, 6.45) is 2.10. The highest BCUT2D eigenvalue weighted by Crippen LogP contribution is 2.06. The second-order valence-corrected chi connectivity index (χ2v) is 3.26. The highest BCUT2D eigenvalue weighted by Gasteiger charge is 2.06. The van der Waals surface area contributed by atoms with Crippen LogP contribution in [0.3, 0.4) is 0 Å². The van der Waals surface area contributed by atoms with Crippen LogP contribution in [-0.4, -0.2) is 24.3 Å². The lowest BCUT2D eigenvalue weighted by molar-refractivity contribution is -0.142. The number of hydrogen-bond acceptors (Lipinski definition) is 3. The molecule has 86 valence electrons. The van der Waals surface area contributed by atoms with E-state index in [0.29, 0.717) is 0 Å². The Morgan fingerprint density at radius 3 is 2.69 bits per heavy atom. The zero-order valence-electron chi connectivity index (χ0n) is 8.89. The van der Waals surface area contributed by atoms with Crippen molar-refractivity contribution in [1.82, 2.24) is 0 Å². The molecule has 0 aromatic heterocycles. The Labute approximate surface area is 93.2 Å². The van der Waals surface area contributed by atoms with Gasteiger partial charge in [-0.1, -0.05) is 24.3 Å². The Kier molecular flexibility index (Phi) is 4.66. The summed E-state index contributed by atoms with van der Waals surface area (Å²) in [5.74, 6) is -0.788. The van der Waals surface area contributed by atoms with Crippen molar-refractivity contribution in [2.75, 3.05) is 7.11 Å². The maximum atomic E-state index is 12.6. The van der Waals surface area contributed by atoms with Crippen molar-refractivity contribution < 1.29 is 19.0 Å². The summed E-state index contributed by atoms with van der Waals surface area (Å²) in [6, 6.07) is 5.81. The molecule has 1 aromatic carbocycles. The number of carbonyl (C=O) groups excluding carboxylic acids is 1. The van der Waals surface area contributed by atoms with Gasteiger partial charge in [0, 0.05) is 0 Å². The Balaban J connectivity index is 2.53. The highest BCUT2D eigenvalue weighted by atomic mass is 19.1. The van der Waals surface area contributed by atoms with Crippen molar-refractivity contribution in [2.24, 2.45) is 0 Å². The predicted molar refractivity (Wildman–Crippen MR) is 58.1 cm³/mol. The molecule has 0 amide bonds. The number of rotatable bonds is 4. The van der Waals surface area contributed by atoms with Crippen LogP contribution in [0.1, 0.15) is 12.0 Å². The molecule has 1 aromatic rings. The quantitative estimate of drug-likeness (QED) is 0.793. The molecular formula is C12H13FO3. The molecule has 0 fully saturated rings. The van der Waals surface area contributed by atoms with Crippen LogP contribution in [0.25, 0.3) is 6.08 Å². The first-order chi connectivity index (χ1) is 7.61. The van der Waals surface area contributed by atoms with Crippen LogP contribution < -0.4 is 0 Å². The van der Waals surface area contributed by atoms with E-state index < -0.39 is 12.1 Å². The van der Waals surface area contributed by atoms with E-state index in [1.807, 2.05) is 0 Å². The third kappa shape index (κ3) is 4.23. The van der Waals surface area contributed by atoms with Gasteiger partial charge in [-0.2, -0.15) is 0 Å². The van der Waals surface area contributed by atoms with Gasteiger partial charge >= 0.3 is 5.97 Å². The Morgan fingerprint density at radius 1 is 1.50 bits per heavy atom. The standard InChI is InChI=1S/C12H13FO3/c1-16-12(15)8-11(14)7-4-9-2-5-10(13)6-3-9/h2-7,11,14H,8H2,1H3/b7-4+/t11-/m1/s1. The van der Waals surface area contributed by atoms with Gasteiger partial charge in [-0.15, -0.1) is 0 Å². The molecule has 0 saturated carbocycles. The summed E-state index contributed by atoms with van der Waals surface area (Å²) in [5, 5.41) is 9.40. The van der Waals surface area contributed by atoms with Gasteiger partial charge in [0.1, 0.15) is 5.82 Å². The molecule has 0 unspecified atom stereocenters. The van der Waals surface area contributed by atoms with E-state index >= 15 is 0 Å². The van der Waals surface area contributed by atoms with Crippen molar-refractivity contribution in [3.63, 3.8) is 0 Å². The summed E-state index contributed by atoms with van der Waals surface area (Å²) in [7, 11) is 1.26. The van der Waals surface area contributed by atoms with Gasteiger partial charge in [0.05, 0.1) is 19.6 Å². The monoisotopic (exact) mass is 224 g/mol. The number of halogens is 1. The van der Waals surface area contributed by atoms with E-state index in [1.54, 1.807) is 18.2 Å². The lowest BCUT2D eigenvalue weighted by Gasteiger charge is -2.03. The minimum atomic E-state index is -0.891. The number of hydrogen-bond donors (Lipinski definition) is 1. The first-order valence-corrected chi connectivity index (χ1v) is 4.80. The van der Waals surface area contributed by atoms with Gasteiger partial charge in [0.15, 0.2) is 0 Å². The molecule has 0 saturated heterocycles. The molecule has 1 atom stereocenters. The first kappa shape index (κ1) is 12.4.